The van der Waals surface area contributed by atoms with Crippen LogP contribution in [0.1, 0.15) is 6.23 Å². The van der Waals surface area contributed by atoms with Crippen molar-refractivity contribution in [1.29, 1.82) is 0 Å². The maximum Gasteiger partial charge on any atom is 0.352 e. The van der Waals surface area contributed by atoms with Gasteiger partial charge in [-0.25, -0.2) is 9.78 Å². The van der Waals surface area contributed by atoms with Gasteiger partial charge in [-0.3, -0.25) is 9.13 Å². The highest BCUT2D eigenvalue weighted by molar-refractivity contribution is 5.76. The maximum absolute atomic E-state index is 12.0. The molecule has 2 aliphatic rings. The lowest BCUT2D eigenvalue weighted by molar-refractivity contribution is -0.0511. The summed E-state index contributed by atoms with van der Waals surface area (Å²) in [6.45, 7) is 0.352. The molecule has 0 amide bonds. The second-order valence-corrected chi connectivity index (χ2v) is 5.25. The molecule has 4 atom stereocenters. The van der Waals surface area contributed by atoms with E-state index in [-0.39, 0.29) is 5.65 Å². The Hall–Kier alpha value is -2.01. The van der Waals surface area contributed by atoms with E-state index in [4.69, 9.17) is 14.6 Å². The van der Waals surface area contributed by atoms with Crippen molar-refractivity contribution < 1.29 is 24.8 Å². The summed E-state index contributed by atoms with van der Waals surface area (Å²) in [5.41, 5.74) is 0.108. The van der Waals surface area contributed by atoms with Gasteiger partial charge in [0.1, 0.15) is 24.9 Å². The van der Waals surface area contributed by atoms with E-state index in [9.17, 15) is 15.0 Å². The molecule has 1 saturated heterocycles. The van der Waals surface area contributed by atoms with E-state index in [0.717, 1.165) is 0 Å². The minimum absolute atomic E-state index is 0.202. The smallest absolute Gasteiger partial charge is 0.352 e. The van der Waals surface area contributed by atoms with Crippen LogP contribution in [0.15, 0.2) is 11.1 Å². The molecule has 0 saturated carbocycles. The van der Waals surface area contributed by atoms with Gasteiger partial charge in [-0.15, -0.1) is 0 Å². The highest BCUT2D eigenvalue weighted by Crippen LogP contribution is 2.33. The molecule has 118 valence electrons. The highest BCUT2D eigenvalue weighted by atomic mass is 16.6. The summed E-state index contributed by atoms with van der Waals surface area (Å²) in [5.74, 6) is 0.334. The molecule has 2 aromatic heterocycles. The minimum Gasteiger partial charge on any atom is -0.475 e. The van der Waals surface area contributed by atoms with Gasteiger partial charge in [0.2, 0.25) is 5.88 Å². The number of hydrogen-bond donors (Lipinski definition) is 3. The number of hydrogen-bond acceptors (Lipinski definition) is 8. The van der Waals surface area contributed by atoms with E-state index in [2.05, 4.69) is 9.97 Å². The Morgan fingerprint density at radius 3 is 2.91 bits per heavy atom. The molecule has 0 spiro atoms. The Balaban J connectivity index is 1.84. The van der Waals surface area contributed by atoms with E-state index in [1.807, 2.05) is 0 Å². The first kappa shape index (κ1) is 13.6. The van der Waals surface area contributed by atoms with Gasteiger partial charge in [0, 0.05) is 0 Å². The molecule has 0 bridgehead atoms. The number of imidazole rings is 1. The Bertz CT molecular complexity index is 786. The van der Waals surface area contributed by atoms with E-state index < -0.39 is 36.8 Å². The third-order valence-electron chi connectivity index (χ3n) is 3.99. The molecule has 1 fully saturated rings. The summed E-state index contributed by atoms with van der Waals surface area (Å²) >= 11 is 0. The van der Waals surface area contributed by atoms with Crippen LogP contribution in [-0.4, -0.2) is 65.9 Å². The Morgan fingerprint density at radius 2 is 2.18 bits per heavy atom. The topological polar surface area (TPSA) is 132 Å². The molecule has 2 aromatic rings. The molecule has 0 unspecified atom stereocenters. The SMILES string of the molecule is O=c1nc2c(ncn2[C@@H]2O[C@H](CO)[C@@H](O)[C@H]2O)c2n1CCO2. The molecule has 4 rings (SSSR count). The molecule has 10 nitrogen and oxygen atoms in total. The van der Waals surface area contributed by atoms with Crippen LogP contribution in [0.5, 0.6) is 5.88 Å². The van der Waals surface area contributed by atoms with Gasteiger partial charge in [0.05, 0.1) is 19.5 Å². The van der Waals surface area contributed by atoms with Crippen LogP contribution in [0.3, 0.4) is 0 Å². The van der Waals surface area contributed by atoms with Crippen molar-refractivity contribution in [3.05, 3.63) is 16.8 Å². The molecule has 4 heterocycles. The van der Waals surface area contributed by atoms with Crippen LogP contribution in [0.4, 0.5) is 0 Å². The number of rotatable bonds is 2. The van der Waals surface area contributed by atoms with E-state index in [1.54, 1.807) is 0 Å². The first-order valence-electron chi connectivity index (χ1n) is 6.84. The fourth-order valence-electron chi connectivity index (χ4n) is 2.85. The van der Waals surface area contributed by atoms with Crippen molar-refractivity contribution in [3.63, 3.8) is 0 Å². The zero-order valence-corrected chi connectivity index (χ0v) is 11.4. The van der Waals surface area contributed by atoms with Crippen LogP contribution in [0.25, 0.3) is 11.2 Å². The van der Waals surface area contributed by atoms with Crippen molar-refractivity contribution in [2.75, 3.05) is 13.2 Å². The van der Waals surface area contributed by atoms with Gasteiger partial charge in [-0.1, -0.05) is 0 Å². The second-order valence-electron chi connectivity index (χ2n) is 5.25. The predicted octanol–water partition coefficient (Wildman–Crippen LogP) is -2.40. The second kappa shape index (κ2) is 4.74. The van der Waals surface area contributed by atoms with Gasteiger partial charge in [0.15, 0.2) is 17.4 Å². The number of ether oxygens (including phenoxy) is 2. The van der Waals surface area contributed by atoms with E-state index in [0.29, 0.717) is 24.5 Å². The fourth-order valence-corrected chi connectivity index (χ4v) is 2.85. The van der Waals surface area contributed by atoms with Gasteiger partial charge in [0.25, 0.3) is 0 Å². The lowest BCUT2D eigenvalue weighted by Crippen LogP contribution is -2.33. The van der Waals surface area contributed by atoms with Crippen LogP contribution in [-0.2, 0) is 11.3 Å². The monoisotopic (exact) mass is 310 g/mol. The highest BCUT2D eigenvalue weighted by Gasteiger charge is 2.44. The lowest BCUT2D eigenvalue weighted by Gasteiger charge is -2.16. The van der Waals surface area contributed by atoms with Crippen molar-refractivity contribution in [2.45, 2.75) is 31.1 Å². The molecule has 0 aromatic carbocycles. The Labute approximate surface area is 123 Å². The predicted molar refractivity (Wildman–Crippen MR) is 70.3 cm³/mol. The molecule has 10 heteroatoms. The van der Waals surface area contributed by atoms with Crippen LogP contribution in [0.2, 0.25) is 0 Å². The number of fused-ring (bicyclic) bond motifs is 3. The number of aliphatic hydroxyl groups is 3. The molecular weight excluding hydrogens is 296 g/mol. The molecule has 22 heavy (non-hydrogen) atoms. The van der Waals surface area contributed by atoms with Gasteiger partial charge in [-0.2, -0.15) is 4.98 Å². The third kappa shape index (κ3) is 1.72. The van der Waals surface area contributed by atoms with Crippen LogP contribution >= 0.6 is 0 Å². The Kier molecular flexibility index (Phi) is 2.94. The summed E-state index contributed by atoms with van der Waals surface area (Å²) in [6.07, 6.45) is -3.05. The number of aliphatic hydroxyl groups excluding tert-OH is 3. The van der Waals surface area contributed by atoms with Gasteiger partial charge < -0.3 is 24.8 Å². The average molecular weight is 310 g/mol. The number of nitrogens with zero attached hydrogens (tertiary/aromatic N) is 4. The van der Waals surface area contributed by atoms with Gasteiger partial charge >= 0.3 is 5.69 Å². The van der Waals surface area contributed by atoms with E-state index >= 15 is 0 Å². The minimum atomic E-state index is -1.27. The van der Waals surface area contributed by atoms with Crippen molar-refractivity contribution in [3.8, 4) is 5.88 Å². The molecular formula is C12H14N4O6. The maximum atomic E-state index is 12.0. The summed E-state index contributed by atoms with van der Waals surface area (Å²) < 4.78 is 13.6. The summed E-state index contributed by atoms with van der Waals surface area (Å²) in [5, 5.41) is 29.0. The van der Waals surface area contributed by atoms with Crippen molar-refractivity contribution in [1.82, 2.24) is 19.1 Å². The zero-order chi connectivity index (χ0) is 15.4. The zero-order valence-electron chi connectivity index (χ0n) is 11.4. The third-order valence-corrected chi connectivity index (χ3v) is 3.99. The first-order chi connectivity index (χ1) is 10.6. The quantitative estimate of drug-likeness (QED) is 0.559. The number of aromatic nitrogens is 4. The summed E-state index contributed by atoms with van der Waals surface area (Å²) in [7, 11) is 0. The fraction of sp³-hybridized carbons (Fsp3) is 0.583. The molecule has 3 N–H and O–H groups in total. The summed E-state index contributed by atoms with van der Waals surface area (Å²) in [4.78, 5) is 20.1. The normalized spacial score (nSPS) is 30.7. The first-order valence-corrected chi connectivity index (χ1v) is 6.84. The molecule has 2 aliphatic heterocycles. The van der Waals surface area contributed by atoms with Crippen molar-refractivity contribution in [2.24, 2.45) is 0 Å². The lowest BCUT2D eigenvalue weighted by atomic mass is 10.1. The van der Waals surface area contributed by atoms with Crippen molar-refractivity contribution >= 4 is 11.2 Å². The van der Waals surface area contributed by atoms with Crippen LogP contribution in [0, 0.1) is 0 Å². The van der Waals surface area contributed by atoms with Gasteiger partial charge in [-0.05, 0) is 0 Å². The van der Waals surface area contributed by atoms with E-state index in [1.165, 1.54) is 15.5 Å². The average Bonchev–Trinajstić information content (AvgIpc) is 3.19. The largest absolute Gasteiger partial charge is 0.475 e. The van der Waals surface area contributed by atoms with Crippen LogP contribution < -0.4 is 10.4 Å². The molecule has 0 aliphatic carbocycles. The Morgan fingerprint density at radius 1 is 1.36 bits per heavy atom. The molecule has 0 radical (unpaired) electrons. The standard InChI is InChI=1S/C12H14N4O6/c17-3-5-7(18)8(19)11(22-5)16-4-13-6-9(16)14-12(20)15-1-2-21-10(6)15/h4-5,7-8,11,17-19H,1-3H2/t5-,7-,8-,11-/m1/s1. The summed E-state index contributed by atoms with van der Waals surface area (Å²) in [6, 6.07) is 0.